The summed E-state index contributed by atoms with van der Waals surface area (Å²) in [6.45, 7) is 7.23. The van der Waals surface area contributed by atoms with Crippen molar-refractivity contribution < 1.29 is 9.50 Å². The molecule has 0 radical (unpaired) electrons. The predicted octanol–water partition coefficient (Wildman–Crippen LogP) is 2.73. The van der Waals surface area contributed by atoms with Crippen LogP contribution in [0, 0.1) is 5.82 Å². The molecular weight excluding hydrogens is 193 g/mol. The fourth-order valence-corrected chi connectivity index (χ4v) is 1.78. The molecule has 0 amide bonds. The number of hydrogen-bond acceptors (Lipinski definition) is 2. The first kappa shape index (κ1) is 12.0. The third kappa shape index (κ3) is 2.48. The molecule has 15 heavy (non-hydrogen) atoms. The van der Waals surface area contributed by atoms with E-state index in [4.69, 9.17) is 0 Å². The number of hydrogen-bond donors (Lipinski definition) is 1. The van der Waals surface area contributed by atoms with Gasteiger partial charge in [0.15, 0.2) is 0 Å². The number of aliphatic hydroxyl groups excluding tert-OH is 1. The Morgan fingerprint density at radius 3 is 2.40 bits per heavy atom. The predicted molar refractivity (Wildman–Crippen MR) is 60.6 cm³/mol. The highest BCUT2D eigenvalue weighted by Crippen LogP contribution is 2.28. The Hall–Kier alpha value is -1.09. The average Bonchev–Trinajstić information content (AvgIpc) is 2.19. The molecule has 0 aliphatic heterocycles. The van der Waals surface area contributed by atoms with Crippen molar-refractivity contribution in [2.75, 3.05) is 18.0 Å². The quantitative estimate of drug-likeness (QED) is 0.827. The maximum atomic E-state index is 13.5. The minimum absolute atomic E-state index is 0.339. The summed E-state index contributed by atoms with van der Waals surface area (Å²) in [6, 6.07) is 4.90. The van der Waals surface area contributed by atoms with Crippen molar-refractivity contribution in [3.8, 4) is 0 Å². The summed E-state index contributed by atoms with van der Waals surface area (Å²) in [5.74, 6) is -0.339. The zero-order chi connectivity index (χ0) is 11.4. The Labute approximate surface area is 90.3 Å². The molecule has 0 aliphatic rings. The SMILES string of the molecule is CCN(CC)c1cccc(F)c1[C@@H](C)O. The zero-order valence-corrected chi connectivity index (χ0v) is 9.50. The second kappa shape index (κ2) is 5.12. The molecule has 1 aromatic carbocycles. The Kier molecular flexibility index (Phi) is 4.09. The van der Waals surface area contributed by atoms with Crippen LogP contribution in [0.4, 0.5) is 10.1 Å². The fourth-order valence-electron chi connectivity index (χ4n) is 1.78. The monoisotopic (exact) mass is 211 g/mol. The molecule has 0 fully saturated rings. The summed E-state index contributed by atoms with van der Waals surface area (Å²) in [5.41, 5.74) is 1.18. The maximum Gasteiger partial charge on any atom is 0.131 e. The lowest BCUT2D eigenvalue weighted by molar-refractivity contribution is 0.194. The molecule has 1 N–H and O–H groups in total. The lowest BCUT2D eigenvalue weighted by Crippen LogP contribution is -2.24. The standard InChI is InChI=1S/C12H18FNO/c1-4-14(5-2)11-8-6-7-10(13)12(11)9(3)15/h6-9,15H,4-5H2,1-3H3/t9-/m1/s1. The highest BCUT2D eigenvalue weighted by atomic mass is 19.1. The van der Waals surface area contributed by atoms with E-state index in [9.17, 15) is 9.50 Å². The molecule has 0 unspecified atom stereocenters. The third-order valence-corrected chi connectivity index (χ3v) is 2.55. The van der Waals surface area contributed by atoms with Gasteiger partial charge >= 0.3 is 0 Å². The molecule has 0 saturated carbocycles. The maximum absolute atomic E-state index is 13.5. The Morgan fingerprint density at radius 1 is 1.33 bits per heavy atom. The lowest BCUT2D eigenvalue weighted by atomic mass is 10.1. The molecule has 1 atom stereocenters. The van der Waals surface area contributed by atoms with Crippen LogP contribution >= 0.6 is 0 Å². The van der Waals surface area contributed by atoms with E-state index in [1.807, 2.05) is 24.8 Å². The minimum atomic E-state index is -0.776. The van der Waals surface area contributed by atoms with Crippen LogP contribution in [0.25, 0.3) is 0 Å². The summed E-state index contributed by atoms with van der Waals surface area (Å²) in [6.07, 6.45) is -0.776. The number of aliphatic hydroxyl groups is 1. The summed E-state index contributed by atoms with van der Waals surface area (Å²) in [5, 5.41) is 9.56. The normalized spacial score (nSPS) is 12.6. The molecule has 0 aromatic heterocycles. The smallest absolute Gasteiger partial charge is 0.131 e. The zero-order valence-electron chi connectivity index (χ0n) is 9.50. The first-order chi connectivity index (χ1) is 7.11. The van der Waals surface area contributed by atoms with Gasteiger partial charge in [-0.3, -0.25) is 0 Å². The van der Waals surface area contributed by atoms with Gasteiger partial charge in [-0.1, -0.05) is 6.07 Å². The number of halogens is 1. The molecule has 0 aliphatic carbocycles. The van der Waals surface area contributed by atoms with Crippen LogP contribution in [0.5, 0.6) is 0 Å². The number of rotatable bonds is 4. The third-order valence-electron chi connectivity index (χ3n) is 2.55. The van der Waals surface area contributed by atoms with Crippen LogP contribution in [0.15, 0.2) is 18.2 Å². The fraction of sp³-hybridized carbons (Fsp3) is 0.500. The van der Waals surface area contributed by atoms with Gasteiger partial charge in [-0.05, 0) is 32.9 Å². The molecule has 0 spiro atoms. The molecule has 2 nitrogen and oxygen atoms in total. The van der Waals surface area contributed by atoms with E-state index in [1.165, 1.54) is 6.07 Å². The van der Waals surface area contributed by atoms with Gasteiger partial charge in [0.2, 0.25) is 0 Å². The van der Waals surface area contributed by atoms with Crippen molar-refractivity contribution in [3.05, 3.63) is 29.6 Å². The Balaban J connectivity index is 3.21. The van der Waals surface area contributed by atoms with E-state index in [0.717, 1.165) is 18.8 Å². The number of benzene rings is 1. The molecule has 0 heterocycles. The largest absolute Gasteiger partial charge is 0.389 e. The van der Waals surface area contributed by atoms with Gasteiger partial charge in [-0.25, -0.2) is 4.39 Å². The van der Waals surface area contributed by atoms with Gasteiger partial charge in [0.25, 0.3) is 0 Å². The van der Waals surface area contributed by atoms with Crippen molar-refractivity contribution in [3.63, 3.8) is 0 Å². The van der Waals surface area contributed by atoms with E-state index in [-0.39, 0.29) is 5.82 Å². The van der Waals surface area contributed by atoms with E-state index >= 15 is 0 Å². The van der Waals surface area contributed by atoms with Gasteiger partial charge in [0.1, 0.15) is 5.82 Å². The average molecular weight is 211 g/mol. The van der Waals surface area contributed by atoms with E-state index in [1.54, 1.807) is 13.0 Å². The second-order valence-corrected chi connectivity index (χ2v) is 3.52. The van der Waals surface area contributed by atoms with Crippen LogP contribution in [0.1, 0.15) is 32.4 Å². The number of anilines is 1. The number of nitrogens with zero attached hydrogens (tertiary/aromatic N) is 1. The van der Waals surface area contributed by atoms with Gasteiger partial charge in [-0.15, -0.1) is 0 Å². The van der Waals surface area contributed by atoms with Gasteiger partial charge < -0.3 is 10.0 Å². The minimum Gasteiger partial charge on any atom is -0.389 e. The van der Waals surface area contributed by atoms with Crippen molar-refractivity contribution in [2.45, 2.75) is 26.9 Å². The Bertz CT molecular complexity index is 321. The van der Waals surface area contributed by atoms with Crippen LogP contribution in [-0.2, 0) is 0 Å². The summed E-state index contributed by atoms with van der Waals surface area (Å²) in [4.78, 5) is 2.03. The van der Waals surface area contributed by atoms with Crippen molar-refractivity contribution >= 4 is 5.69 Å². The highest BCUT2D eigenvalue weighted by Gasteiger charge is 2.16. The van der Waals surface area contributed by atoms with Gasteiger partial charge in [0.05, 0.1) is 6.10 Å². The van der Waals surface area contributed by atoms with Gasteiger partial charge in [0, 0.05) is 24.3 Å². The van der Waals surface area contributed by atoms with E-state index in [0.29, 0.717) is 5.56 Å². The molecule has 0 bridgehead atoms. The molecule has 3 heteroatoms. The van der Waals surface area contributed by atoms with Crippen LogP contribution in [-0.4, -0.2) is 18.2 Å². The van der Waals surface area contributed by atoms with Crippen LogP contribution in [0.3, 0.4) is 0 Å². The molecule has 84 valence electrons. The summed E-state index contributed by atoms with van der Waals surface area (Å²) >= 11 is 0. The van der Waals surface area contributed by atoms with Crippen molar-refractivity contribution in [2.24, 2.45) is 0 Å². The second-order valence-electron chi connectivity index (χ2n) is 3.52. The Morgan fingerprint density at radius 2 is 1.93 bits per heavy atom. The van der Waals surface area contributed by atoms with Crippen LogP contribution < -0.4 is 4.90 Å². The summed E-state index contributed by atoms with van der Waals surface area (Å²) in [7, 11) is 0. The van der Waals surface area contributed by atoms with Crippen LogP contribution in [0.2, 0.25) is 0 Å². The van der Waals surface area contributed by atoms with E-state index in [2.05, 4.69) is 0 Å². The highest BCUT2D eigenvalue weighted by molar-refractivity contribution is 5.55. The van der Waals surface area contributed by atoms with E-state index < -0.39 is 6.10 Å². The van der Waals surface area contributed by atoms with Crippen molar-refractivity contribution in [1.29, 1.82) is 0 Å². The molecular formula is C12H18FNO. The lowest BCUT2D eigenvalue weighted by Gasteiger charge is -2.25. The first-order valence-electron chi connectivity index (χ1n) is 5.33. The molecule has 1 rings (SSSR count). The molecule has 0 saturated heterocycles. The molecule has 1 aromatic rings. The topological polar surface area (TPSA) is 23.5 Å². The summed E-state index contributed by atoms with van der Waals surface area (Å²) < 4.78 is 13.5. The van der Waals surface area contributed by atoms with Crippen molar-refractivity contribution in [1.82, 2.24) is 0 Å². The van der Waals surface area contributed by atoms with Gasteiger partial charge in [-0.2, -0.15) is 0 Å². The first-order valence-corrected chi connectivity index (χ1v) is 5.33.